The number of esters is 1. The van der Waals surface area contributed by atoms with Gasteiger partial charge in [0.05, 0.1) is 17.6 Å². The van der Waals surface area contributed by atoms with Crippen molar-refractivity contribution in [1.29, 1.82) is 0 Å². The number of aromatic nitrogens is 3. The van der Waals surface area contributed by atoms with Gasteiger partial charge in [-0.3, -0.25) is 4.57 Å². The lowest BCUT2D eigenvalue weighted by Crippen LogP contribution is -2.29. The van der Waals surface area contributed by atoms with Crippen molar-refractivity contribution in [3.8, 4) is 5.69 Å². The summed E-state index contributed by atoms with van der Waals surface area (Å²) in [4.78, 5) is 24.6. The number of carbonyl (C=O) groups excluding carboxylic acids is 1. The highest BCUT2D eigenvalue weighted by Crippen LogP contribution is 2.32. The summed E-state index contributed by atoms with van der Waals surface area (Å²) >= 11 is 0. The van der Waals surface area contributed by atoms with Gasteiger partial charge >= 0.3 is 5.97 Å². The Morgan fingerprint density at radius 3 is 2.29 bits per heavy atom. The maximum Gasteiger partial charge on any atom is 0.344 e. The van der Waals surface area contributed by atoms with Crippen LogP contribution in [-0.2, 0) is 4.74 Å². The molecule has 31 heavy (non-hydrogen) atoms. The summed E-state index contributed by atoms with van der Waals surface area (Å²) in [5, 5.41) is 0. The number of para-hydroxylation sites is 2. The SMILES string of the molecule is CCOC(=O)c1c(N)n(-c2ccc(N3CCCCC3)cc2)c2nc3ccccc3nc12. The molecule has 0 amide bonds. The number of nitrogens with two attached hydrogens (primary N) is 1. The molecule has 7 nitrogen and oxygen atoms in total. The molecule has 2 aromatic heterocycles. The summed E-state index contributed by atoms with van der Waals surface area (Å²) in [7, 11) is 0. The average molecular weight is 415 g/mol. The lowest BCUT2D eigenvalue weighted by Gasteiger charge is -2.28. The molecule has 1 fully saturated rings. The number of rotatable bonds is 4. The number of benzene rings is 2. The first kappa shape index (κ1) is 19.4. The maximum absolute atomic E-state index is 12.7. The molecule has 0 spiro atoms. The van der Waals surface area contributed by atoms with Crippen molar-refractivity contribution in [2.45, 2.75) is 26.2 Å². The standard InChI is InChI=1S/C24H25N5O2/c1-2-31-24(30)20-21-23(27-19-9-5-4-8-18(19)26-21)29(22(20)25)17-12-10-16(11-13-17)28-14-6-3-7-15-28/h4-5,8-13H,2-3,6-7,14-15,25H2,1H3. The van der Waals surface area contributed by atoms with Crippen LogP contribution in [0.15, 0.2) is 48.5 Å². The van der Waals surface area contributed by atoms with Gasteiger partial charge in [-0.25, -0.2) is 14.8 Å². The predicted octanol–water partition coefficient (Wildman–Crippen LogP) is 4.32. The number of anilines is 2. The second-order valence-corrected chi connectivity index (χ2v) is 7.76. The molecule has 0 bridgehead atoms. The topological polar surface area (TPSA) is 86.3 Å². The highest BCUT2D eigenvalue weighted by atomic mass is 16.5. The molecule has 158 valence electrons. The fraction of sp³-hybridized carbons (Fsp3) is 0.292. The maximum atomic E-state index is 12.7. The predicted molar refractivity (Wildman–Crippen MR) is 123 cm³/mol. The fourth-order valence-electron chi connectivity index (χ4n) is 4.29. The Kier molecular flexibility index (Phi) is 4.94. The van der Waals surface area contributed by atoms with E-state index < -0.39 is 5.97 Å². The number of nitrogens with zero attached hydrogens (tertiary/aromatic N) is 4. The summed E-state index contributed by atoms with van der Waals surface area (Å²) in [6.07, 6.45) is 3.74. The number of carbonyl (C=O) groups is 1. The highest BCUT2D eigenvalue weighted by molar-refractivity contribution is 6.09. The molecule has 0 radical (unpaired) electrons. The zero-order valence-corrected chi connectivity index (χ0v) is 17.5. The lowest BCUT2D eigenvalue weighted by atomic mass is 10.1. The summed E-state index contributed by atoms with van der Waals surface area (Å²) in [5.74, 6) is -0.201. The van der Waals surface area contributed by atoms with Crippen molar-refractivity contribution in [2.24, 2.45) is 0 Å². The molecule has 0 atom stereocenters. The third kappa shape index (κ3) is 3.36. The number of ether oxygens (including phenoxy) is 1. The Morgan fingerprint density at radius 1 is 0.968 bits per heavy atom. The van der Waals surface area contributed by atoms with Crippen molar-refractivity contribution in [1.82, 2.24) is 14.5 Å². The van der Waals surface area contributed by atoms with Gasteiger partial charge < -0.3 is 15.4 Å². The van der Waals surface area contributed by atoms with Crippen molar-refractivity contribution in [2.75, 3.05) is 30.3 Å². The zero-order chi connectivity index (χ0) is 21.4. The van der Waals surface area contributed by atoms with Gasteiger partial charge in [0.25, 0.3) is 0 Å². The minimum absolute atomic E-state index is 0.259. The zero-order valence-electron chi connectivity index (χ0n) is 17.5. The number of nitrogen functional groups attached to an aromatic ring is 1. The van der Waals surface area contributed by atoms with Gasteiger partial charge in [0.15, 0.2) is 5.65 Å². The third-order valence-electron chi connectivity index (χ3n) is 5.81. The Bertz CT molecular complexity index is 1260. The van der Waals surface area contributed by atoms with E-state index in [1.165, 1.54) is 24.9 Å². The molecule has 3 heterocycles. The van der Waals surface area contributed by atoms with Gasteiger partial charge in [-0.15, -0.1) is 0 Å². The molecule has 7 heteroatoms. The van der Waals surface area contributed by atoms with E-state index in [1.807, 2.05) is 36.4 Å². The Morgan fingerprint density at radius 2 is 1.61 bits per heavy atom. The molecule has 0 aliphatic carbocycles. The second kappa shape index (κ2) is 7.91. The molecule has 2 aromatic carbocycles. The van der Waals surface area contributed by atoms with Gasteiger partial charge in [0, 0.05) is 24.5 Å². The van der Waals surface area contributed by atoms with Crippen molar-refractivity contribution in [3.63, 3.8) is 0 Å². The van der Waals surface area contributed by atoms with Crippen LogP contribution in [0.1, 0.15) is 36.5 Å². The van der Waals surface area contributed by atoms with E-state index in [0.717, 1.165) is 24.3 Å². The van der Waals surface area contributed by atoms with E-state index >= 15 is 0 Å². The van der Waals surface area contributed by atoms with Crippen LogP contribution in [0, 0.1) is 0 Å². The minimum Gasteiger partial charge on any atom is -0.462 e. The molecule has 1 aliphatic rings. The largest absolute Gasteiger partial charge is 0.462 e. The third-order valence-corrected chi connectivity index (χ3v) is 5.81. The molecular formula is C24H25N5O2. The van der Waals surface area contributed by atoms with Gasteiger partial charge in [-0.2, -0.15) is 0 Å². The molecule has 1 aliphatic heterocycles. The molecule has 0 saturated carbocycles. The lowest BCUT2D eigenvalue weighted by molar-refractivity contribution is 0.0529. The van der Waals surface area contributed by atoms with Crippen LogP contribution < -0.4 is 10.6 Å². The quantitative estimate of drug-likeness (QED) is 0.500. The second-order valence-electron chi connectivity index (χ2n) is 7.76. The van der Waals surface area contributed by atoms with Crippen LogP contribution in [0.2, 0.25) is 0 Å². The Hall–Kier alpha value is -3.61. The van der Waals surface area contributed by atoms with Gasteiger partial charge in [-0.05, 0) is 62.6 Å². The fourth-order valence-corrected chi connectivity index (χ4v) is 4.29. The normalized spacial score (nSPS) is 14.3. The molecule has 4 aromatic rings. The summed E-state index contributed by atoms with van der Waals surface area (Å²) in [6.45, 7) is 4.20. The van der Waals surface area contributed by atoms with E-state index in [1.54, 1.807) is 11.5 Å². The number of fused-ring (bicyclic) bond motifs is 2. The summed E-state index contributed by atoms with van der Waals surface area (Å²) < 4.78 is 7.06. The van der Waals surface area contributed by atoms with Gasteiger partial charge in [0.1, 0.15) is 16.9 Å². The molecule has 0 unspecified atom stereocenters. The Labute approximate surface area is 180 Å². The van der Waals surface area contributed by atoms with Crippen LogP contribution in [0.4, 0.5) is 11.5 Å². The van der Waals surface area contributed by atoms with Crippen molar-refractivity contribution in [3.05, 3.63) is 54.1 Å². The number of hydrogen-bond donors (Lipinski definition) is 1. The highest BCUT2D eigenvalue weighted by Gasteiger charge is 2.25. The van der Waals surface area contributed by atoms with Gasteiger partial charge in [-0.1, -0.05) is 12.1 Å². The monoisotopic (exact) mass is 415 g/mol. The number of piperidine rings is 1. The van der Waals surface area contributed by atoms with Gasteiger partial charge in [0.2, 0.25) is 0 Å². The van der Waals surface area contributed by atoms with Crippen LogP contribution in [0.5, 0.6) is 0 Å². The smallest absolute Gasteiger partial charge is 0.344 e. The first-order valence-electron chi connectivity index (χ1n) is 10.8. The first-order valence-corrected chi connectivity index (χ1v) is 10.8. The van der Waals surface area contributed by atoms with Crippen molar-refractivity contribution >= 4 is 39.7 Å². The van der Waals surface area contributed by atoms with E-state index in [0.29, 0.717) is 16.7 Å². The summed E-state index contributed by atoms with van der Waals surface area (Å²) in [6, 6.07) is 15.8. The number of hydrogen-bond acceptors (Lipinski definition) is 6. The van der Waals surface area contributed by atoms with Crippen LogP contribution in [0.3, 0.4) is 0 Å². The van der Waals surface area contributed by atoms with Crippen LogP contribution >= 0.6 is 0 Å². The summed E-state index contributed by atoms with van der Waals surface area (Å²) in [5.41, 5.74) is 11.2. The molecule has 5 rings (SSSR count). The van der Waals surface area contributed by atoms with E-state index in [-0.39, 0.29) is 18.0 Å². The molecule has 1 saturated heterocycles. The van der Waals surface area contributed by atoms with E-state index in [2.05, 4.69) is 17.0 Å². The molecular weight excluding hydrogens is 390 g/mol. The van der Waals surface area contributed by atoms with Crippen molar-refractivity contribution < 1.29 is 9.53 Å². The Balaban J connectivity index is 1.67. The molecule has 2 N–H and O–H groups in total. The van der Waals surface area contributed by atoms with E-state index in [4.69, 9.17) is 20.4 Å². The minimum atomic E-state index is -0.488. The first-order chi connectivity index (χ1) is 15.2. The van der Waals surface area contributed by atoms with E-state index in [9.17, 15) is 4.79 Å². The average Bonchev–Trinajstić information content (AvgIpc) is 3.09. The van der Waals surface area contributed by atoms with Crippen LogP contribution in [-0.4, -0.2) is 40.2 Å². The van der Waals surface area contributed by atoms with Crippen LogP contribution in [0.25, 0.3) is 27.9 Å².